The van der Waals surface area contributed by atoms with Crippen molar-refractivity contribution in [2.24, 2.45) is 0 Å². The van der Waals surface area contributed by atoms with Crippen LogP contribution in [0.2, 0.25) is 0 Å². The Labute approximate surface area is 206 Å². The number of sulfonamides is 1. The number of methoxy groups -OCH3 is 2. The predicted molar refractivity (Wildman–Crippen MR) is 136 cm³/mol. The van der Waals surface area contributed by atoms with Gasteiger partial charge in [-0.3, -0.25) is 9.10 Å². The maximum absolute atomic E-state index is 13.2. The quantitative estimate of drug-likeness (QED) is 0.499. The van der Waals surface area contributed by atoms with Gasteiger partial charge in [0.15, 0.2) is 0 Å². The standard InChI is InChI=1S/C26H29N3O5S/c1-27(21-7-11-23(33-2)12-8-21)35(31,32)25-6-4-5-20(19-25)26(30)29-17-15-28(16-18-29)22-9-13-24(34-3)14-10-22/h4-14,19H,15-18H2,1-3H3. The van der Waals surface area contributed by atoms with Crippen molar-refractivity contribution >= 4 is 27.3 Å². The molecule has 0 N–H and O–H groups in total. The lowest BCUT2D eigenvalue weighted by atomic mass is 10.1. The van der Waals surface area contributed by atoms with E-state index in [0.29, 0.717) is 43.2 Å². The summed E-state index contributed by atoms with van der Waals surface area (Å²) in [7, 11) is 0.833. The zero-order valence-electron chi connectivity index (χ0n) is 20.0. The zero-order chi connectivity index (χ0) is 25.0. The summed E-state index contributed by atoms with van der Waals surface area (Å²) in [4.78, 5) is 17.2. The van der Waals surface area contributed by atoms with Crippen LogP contribution in [0.1, 0.15) is 10.4 Å². The van der Waals surface area contributed by atoms with E-state index in [0.717, 1.165) is 11.4 Å². The van der Waals surface area contributed by atoms with E-state index in [1.165, 1.54) is 23.5 Å². The van der Waals surface area contributed by atoms with E-state index in [1.54, 1.807) is 55.5 Å². The molecular weight excluding hydrogens is 466 g/mol. The summed E-state index contributed by atoms with van der Waals surface area (Å²) in [6, 6.07) is 20.8. The molecule has 1 heterocycles. The molecule has 0 aliphatic carbocycles. The highest BCUT2D eigenvalue weighted by molar-refractivity contribution is 7.92. The van der Waals surface area contributed by atoms with Crippen LogP contribution in [0.15, 0.2) is 77.7 Å². The molecule has 1 saturated heterocycles. The van der Waals surface area contributed by atoms with Crippen LogP contribution < -0.4 is 18.7 Å². The third-order valence-corrected chi connectivity index (χ3v) is 7.96. The molecule has 0 unspecified atom stereocenters. The summed E-state index contributed by atoms with van der Waals surface area (Å²) < 4.78 is 38.0. The van der Waals surface area contributed by atoms with Crippen LogP contribution in [0.3, 0.4) is 0 Å². The zero-order valence-corrected chi connectivity index (χ0v) is 20.9. The van der Waals surface area contributed by atoms with E-state index in [4.69, 9.17) is 9.47 Å². The van der Waals surface area contributed by atoms with Gasteiger partial charge in [0.1, 0.15) is 11.5 Å². The topological polar surface area (TPSA) is 79.4 Å². The average molecular weight is 496 g/mol. The lowest BCUT2D eigenvalue weighted by molar-refractivity contribution is 0.0746. The van der Waals surface area contributed by atoms with E-state index < -0.39 is 10.0 Å². The fraction of sp³-hybridized carbons (Fsp3) is 0.269. The monoisotopic (exact) mass is 495 g/mol. The van der Waals surface area contributed by atoms with Gasteiger partial charge in [-0.25, -0.2) is 8.42 Å². The molecule has 1 amide bonds. The van der Waals surface area contributed by atoms with Gasteiger partial charge in [0.05, 0.1) is 24.8 Å². The van der Waals surface area contributed by atoms with Crippen molar-refractivity contribution in [1.29, 1.82) is 0 Å². The number of ether oxygens (including phenoxy) is 2. The van der Waals surface area contributed by atoms with Gasteiger partial charge in [0, 0.05) is 44.5 Å². The molecule has 0 saturated carbocycles. The fourth-order valence-corrected chi connectivity index (χ4v) is 5.26. The maximum Gasteiger partial charge on any atom is 0.264 e. The fourth-order valence-electron chi connectivity index (χ4n) is 4.02. The molecule has 35 heavy (non-hydrogen) atoms. The first-order chi connectivity index (χ1) is 16.8. The maximum atomic E-state index is 13.2. The molecule has 0 radical (unpaired) electrons. The SMILES string of the molecule is COc1ccc(N2CCN(C(=O)c3cccc(S(=O)(=O)N(C)c4ccc(OC)cc4)c3)CC2)cc1. The summed E-state index contributed by atoms with van der Waals surface area (Å²) in [5.41, 5.74) is 1.93. The Morgan fingerprint density at radius 1 is 0.829 bits per heavy atom. The lowest BCUT2D eigenvalue weighted by Crippen LogP contribution is -2.48. The highest BCUT2D eigenvalue weighted by Crippen LogP contribution is 2.26. The molecule has 3 aromatic rings. The summed E-state index contributed by atoms with van der Waals surface area (Å²) in [5.74, 6) is 1.26. The highest BCUT2D eigenvalue weighted by atomic mass is 32.2. The van der Waals surface area contributed by atoms with Crippen molar-refractivity contribution in [3.63, 3.8) is 0 Å². The van der Waals surface area contributed by atoms with Crippen LogP contribution in [-0.2, 0) is 10.0 Å². The second-order valence-corrected chi connectivity index (χ2v) is 10.1. The van der Waals surface area contributed by atoms with Gasteiger partial charge in [-0.15, -0.1) is 0 Å². The minimum absolute atomic E-state index is 0.0681. The highest BCUT2D eigenvalue weighted by Gasteiger charge is 2.26. The molecule has 8 nitrogen and oxygen atoms in total. The molecule has 0 bridgehead atoms. The van der Waals surface area contributed by atoms with Crippen LogP contribution >= 0.6 is 0 Å². The molecule has 0 aromatic heterocycles. The van der Waals surface area contributed by atoms with Gasteiger partial charge >= 0.3 is 0 Å². The molecule has 0 spiro atoms. The van der Waals surface area contributed by atoms with E-state index >= 15 is 0 Å². The lowest BCUT2D eigenvalue weighted by Gasteiger charge is -2.36. The third-order valence-electron chi connectivity index (χ3n) is 6.18. The second kappa shape index (κ2) is 10.3. The van der Waals surface area contributed by atoms with Gasteiger partial charge in [-0.2, -0.15) is 0 Å². The number of benzene rings is 3. The van der Waals surface area contributed by atoms with Gasteiger partial charge in [0.25, 0.3) is 15.9 Å². The van der Waals surface area contributed by atoms with Crippen molar-refractivity contribution in [2.45, 2.75) is 4.90 Å². The molecule has 4 rings (SSSR count). The van der Waals surface area contributed by atoms with Crippen molar-refractivity contribution in [3.05, 3.63) is 78.4 Å². The Morgan fingerprint density at radius 2 is 1.40 bits per heavy atom. The summed E-state index contributed by atoms with van der Waals surface area (Å²) in [6.45, 7) is 2.48. The molecule has 0 atom stereocenters. The van der Waals surface area contributed by atoms with Gasteiger partial charge in [0.2, 0.25) is 0 Å². The van der Waals surface area contributed by atoms with Gasteiger partial charge in [-0.1, -0.05) is 6.07 Å². The first-order valence-corrected chi connectivity index (χ1v) is 12.7. The number of carbonyl (C=O) groups is 1. The molecule has 184 valence electrons. The molecule has 3 aromatic carbocycles. The number of hydrogen-bond acceptors (Lipinski definition) is 6. The smallest absolute Gasteiger partial charge is 0.264 e. The van der Waals surface area contributed by atoms with E-state index in [1.807, 2.05) is 24.3 Å². The Balaban J connectivity index is 1.45. The van der Waals surface area contributed by atoms with Gasteiger partial charge in [-0.05, 0) is 66.7 Å². The largest absolute Gasteiger partial charge is 0.497 e. The van der Waals surface area contributed by atoms with Crippen molar-refractivity contribution < 1.29 is 22.7 Å². The van der Waals surface area contributed by atoms with E-state index in [2.05, 4.69) is 4.90 Å². The Morgan fingerprint density at radius 3 is 1.97 bits per heavy atom. The number of piperazine rings is 1. The number of hydrogen-bond donors (Lipinski definition) is 0. The second-order valence-electron chi connectivity index (χ2n) is 8.18. The Hall–Kier alpha value is -3.72. The number of rotatable bonds is 7. The Kier molecular flexibility index (Phi) is 7.16. The summed E-state index contributed by atoms with van der Waals surface area (Å²) >= 11 is 0. The summed E-state index contributed by atoms with van der Waals surface area (Å²) in [6.07, 6.45) is 0. The molecule has 9 heteroatoms. The first-order valence-electron chi connectivity index (χ1n) is 11.2. The minimum Gasteiger partial charge on any atom is -0.497 e. The molecule has 1 fully saturated rings. The van der Waals surface area contributed by atoms with Crippen molar-refractivity contribution in [1.82, 2.24) is 4.90 Å². The Bertz CT molecular complexity index is 1270. The van der Waals surface area contributed by atoms with Gasteiger partial charge < -0.3 is 19.3 Å². The molecule has 1 aliphatic rings. The van der Waals surface area contributed by atoms with Crippen LogP contribution in [0.4, 0.5) is 11.4 Å². The number of nitrogens with zero attached hydrogens (tertiary/aromatic N) is 3. The van der Waals surface area contributed by atoms with Crippen molar-refractivity contribution in [2.75, 3.05) is 56.7 Å². The van der Waals surface area contributed by atoms with E-state index in [9.17, 15) is 13.2 Å². The van der Waals surface area contributed by atoms with Crippen LogP contribution in [-0.4, -0.2) is 66.7 Å². The van der Waals surface area contributed by atoms with Crippen LogP contribution in [0, 0.1) is 0 Å². The third kappa shape index (κ3) is 5.19. The van der Waals surface area contributed by atoms with Crippen LogP contribution in [0.5, 0.6) is 11.5 Å². The minimum atomic E-state index is -3.85. The molecule has 1 aliphatic heterocycles. The van der Waals surface area contributed by atoms with E-state index in [-0.39, 0.29) is 10.8 Å². The first kappa shape index (κ1) is 24.4. The van der Waals surface area contributed by atoms with Crippen LogP contribution in [0.25, 0.3) is 0 Å². The molecular formula is C26H29N3O5S. The van der Waals surface area contributed by atoms with Crippen molar-refractivity contribution in [3.8, 4) is 11.5 Å². The predicted octanol–water partition coefficient (Wildman–Crippen LogP) is 3.49. The average Bonchev–Trinajstić information content (AvgIpc) is 2.92. The number of carbonyl (C=O) groups excluding carboxylic acids is 1. The number of anilines is 2. The summed E-state index contributed by atoms with van der Waals surface area (Å²) in [5, 5.41) is 0. The number of amides is 1. The normalized spacial score (nSPS) is 13.9.